The Hall–Kier alpha value is -2.91. The first-order valence-corrected chi connectivity index (χ1v) is 10.4. The normalized spacial score (nSPS) is 23.8. The van der Waals surface area contributed by atoms with Crippen molar-refractivity contribution in [2.45, 2.75) is 37.2 Å². The first-order chi connectivity index (χ1) is 15.7. The minimum Gasteiger partial charge on any atom is -0.461 e. The highest BCUT2D eigenvalue weighted by Gasteiger charge is 2.38. The lowest BCUT2D eigenvalue weighted by Gasteiger charge is -2.36. The Balaban J connectivity index is 1.69. The zero-order chi connectivity index (χ0) is 23.6. The standard InChI is InChI=1S/C25H23F3O5/c26-25(27,28)19-7-3-4-15(10-19)8-9-18-11-16-5-1-2-6-17(16)12-22(18)33-24-23(31)21(30)13-20(14-29)32-24/h1-12,20-21,23-24,29-31H,13-14H2/b9-8+/t20-,21-,23+,24-/m0/s1. The van der Waals surface area contributed by atoms with Gasteiger partial charge in [-0.25, -0.2) is 0 Å². The molecule has 1 heterocycles. The summed E-state index contributed by atoms with van der Waals surface area (Å²) in [4.78, 5) is 0. The molecule has 3 aromatic carbocycles. The molecule has 1 saturated heterocycles. The van der Waals surface area contributed by atoms with E-state index in [0.29, 0.717) is 16.9 Å². The van der Waals surface area contributed by atoms with Crippen LogP contribution in [0, 0.1) is 0 Å². The average Bonchev–Trinajstić information content (AvgIpc) is 2.80. The van der Waals surface area contributed by atoms with E-state index < -0.39 is 36.3 Å². The summed E-state index contributed by atoms with van der Waals surface area (Å²) < 4.78 is 50.6. The number of ether oxygens (including phenoxy) is 2. The molecule has 33 heavy (non-hydrogen) atoms. The van der Waals surface area contributed by atoms with Crippen molar-refractivity contribution >= 4 is 22.9 Å². The molecule has 174 valence electrons. The number of rotatable bonds is 5. The number of aliphatic hydroxyl groups is 3. The Kier molecular flexibility index (Phi) is 6.71. The summed E-state index contributed by atoms with van der Waals surface area (Å²) in [5.74, 6) is 0.312. The summed E-state index contributed by atoms with van der Waals surface area (Å²) in [6.07, 6.45) is -5.62. The zero-order valence-electron chi connectivity index (χ0n) is 17.4. The Morgan fingerprint density at radius 1 is 0.970 bits per heavy atom. The van der Waals surface area contributed by atoms with E-state index in [2.05, 4.69) is 0 Å². The molecule has 0 spiro atoms. The quantitative estimate of drug-likeness (QED) is 0.497. The van der Waals surface area contributed by atoms with Gasteiger partial charge >= 0.3 is 6.18 Å². The van der Waals surface area contributed by atoms with E-state index in [1.165, 1.54) is 12.1 Å². The van der Waals surface area contributed by atoms with Crippen molar-refractivity contribution in [2.24, 2.45) is 0 Å². The summed E-state index contributed by atoms with van der Waals surface area (Å²) in [6, 6.07) is 16.0. The summed E-state index contributed by atoms with van der Waals surface area (Å²) in [6.45, 7) is -0.344. The van der Waals surface area contributed by atoms with Gasteiger partial charge in [-0.2, -0.15) is 13.2 Å². The fraction of sp³-hybridized carbons (Fsp3) is 0.280. The Morgan fingerprint density at radius 2 is 1.70 bits per heavy atom. The number of fused-ring (bicyclic) bond motifs is 1. The Labute approximate surface area is 188 Å². The lowest BCUT2D eigenvalue weighted by Crippen LogP contribution is -2.51. The number of alkyl halides is 3. The van der Waals surface area contributed by atoms with Crippen LogP contribution in [0.1, 0.15) is 23.1 Å². The van der Waals surface area contributed by atoms with Crippen molar-refractivity contribution in [1.82, 2.24) is 0 Å². The van der Waals surface area contributed by atoms with Gasteiger partial charge in [0.05, 0.1) is 24.4 Å². The van der Waals surface area contributed by atoms with Crippen LogP contribution in [-0.2, 0) is 10.9 Å². The smallest absolute Gasteiger partial charge is 0.416 e. The molecule has 0 aromatic heterocycles. The van der Waals surface area contributed by atoms with Gasteiger partial charge in [0.15, 0.2) is 0 Å². The van der Waals surface area contributed by atoms with Crippen molar-refractivity contribution in [2.75, 3.05) is 6.61 Å². The van der Waals surface area contributed by atoms with Crippen molar-refractivity contribution in [1.29, 1.82) is 0 Å². The SMILES string of the molecule is OC[C@@H]1C[C@H](O)[C@@H](O)[C@H](Oc2cc3ccccc3cc2/C=C/c2cccc(C(F)(F)F)c2)O1. The van der Waals surface area contributed by atoms with E-state index in [4.69, 9.17) is 9.47 Å². The molecule has 4 rings (SSSR count). The van der Waals surface area contributed by atoms with Gasteiger partial charge < -0.3 is 24.8 Å². The molecular formula is C25H23F3O5. The second kappa shape index (κ2) is 9.52. The number of aliphatic hydroxyl groups excluding tert-OH is 3. The van der Waals surface area contributed by atoms with E-state index in [1.807, 2.05) is 30.3 Å². The molecule has 4 atom stereocenters. The van der Waals surface area contributed by atoms with Crippen LogP contribution in [0.4, 0.5) is 13.2 Å². The Morgan fingerprint density at radius 3 is 2.39 bits per heavy atom. The number of hydrogen-bond acceptors (Lipinski definition) is 5. The van der Waals surface area contributed by atoms with Gasteiger partial charge in [-0.05, 0) is 40.6 Å². The highest BCUT2D eigenvalue weighted by atomic mass is 19.4. The Bertz CT molecular complexity index is 1140. The van der Waals surface area contributed by atoms with Gasteiger partial charge in [-0.1, -0.05) is 48.6 Å². The molecule has 3 N–H and O–H groups in total. The molecule has 0 amide bonds. The molecular weight excluding hydrogens is 437 g/mol. The third kappa shape index (κ3) is 5.36. The highest BCUT2D eigenvalue weighted by molar-refractivity contribution is 5.88. The first-order valence-electron chi connectivity index (χ1n) is 10.4. The van der Waals surface area contributed by atoms with Crippen molar-refractivity contribution < 1.29 is 38.0 Å². The minimum atomic E-state index is -4.44. The molecule has 1 fully saturated rings. The summed E-state index contributed by atoms with van der Waals surface area (Å²) >= 11 is 0. The summed E-state index contributed by atoms with van der Waals surface area (Å²) in [5.41, 5.74) is 0.151. The van der Waals surface area contributed by atoms with E-state index in [1.54, 1.807) is 18.2 Å². The molecule has 0 saturated carbocycles. The maximum absolute atomic E-state index is 13.0. The minimum absolute atomic E-state index is 0.0670. The first kappa shape index (κ1) is 23.3. The summed E-state index contributed by atoms with van der Waals surface area (Å²) in [7, 11) is 0. The molecule has 3 aromatic rings. The molecule has 5 nitrogen and oxygen atoms in total. The van der Waals surface area contributed by atoms with Crippen LogP contribution < -0.4 is 4.74 Å². The van der Waals surface area contributed by atoms with Crippen molar-refractivity contribution in [3.63, 3.8) is 0 Å². The monoisotopic (exact) mass is 460 g/mol. The number of benzene rings is 3. The lowest BCUT2D eigenvalue weighted by molar-refractivity contribution is -0.240. The fourth-order valence-corrected chi connectivity index (χ4v) is 3.73. The molecule has 0 radical (unpaired) electrons. The fourth-order valence-electron chi connectivity index (χ4n) is 3.73. The van der Waals surface area contributed by atoms with Gasteiger partial charge in [0.2, 0.25) is 6.29 Å². The van der Waals surface area contributed by atoms with E-state index in [0.717, 1.165) is 22.9 Å². The maximum atomic E-state index is 13.0. The molecule has 1 aliphatic heterocycles. The third-order valence-electron chi connectivity index (χ3n) is 5.50. The van der Waals surface area contributed by atoms with Gasteiger partial charge in [0.25, 0.3) is 0 Å². The van der Waals surface area contributed by atoms with E-state index in [9.17, 15) is 28.5 Å². The van der Waals surface area contributed by atoms with Crippen LogP contribution in [-0.4, -0.2) is 46.5 Å². The summed E-state index contributed by atoms with van der Waals surface area (Å²) in [5, 5.41) is 31.5. The molecule has 1 aliphatic rings. The molecule has 0 aliphatic carbocycles. The number of halogens is 3. The van der Waals surface area contributed by atoms with Crippen LogP contribution in [0.25, 0.3) is 22.9 Å². The average molecular weight is 460 g/mol. The van der Waals surface area contributed by atoms with Crippen LogP contribution in [0.3, 0.4) is 0 Å². The lowest BCUT2D eigenvalue weighted by atomic mass is 10.0. The molecule has 0 unspecified atom stereocenters. The maximum Gasteiger partial charge on any atom is 0.416 e. The third-order valence-corrected chi connectivity index (χ3v) is 5.50. The van der Waals surface area contributed by atoms with Gasteiger partial charge in [0.1, 0.15) is 11.9 Å². The second-order valence-electron chi connectivity index (χ2n) is 7.91. The number of hydrogen-bond donors (Lipinski definition) is 3. The molecule has 0 bridgehead atoms. The second-order valence-corrected chi connectivity index (χ2v) is 7.91. The van der Waals surface area contributed by atoms with E-state index in [-0.39, 0.29) is 13.0 Å². The van der Waals surface area contributed by atoms with Crippen LogP contribution in [0.2, 0.25) is 0 Å². The van der Waals surface area contributed by atoms with Crippen LogP contribution in [0.15, 0.2) is 60.7 Å². The van der Waals surface area contributed by atoms with Gasteiger partial charge in [-0.3, -0.25) is 0 Å². The predicted molar refractivity (Wildman–Crippen MR) is 117 cm³/mol. The van der Waals surface area contributed by atoms with E-state index >= 15 is 0 Å². The predicted octanol–water partition coefficient (Wildman–Crippen LogP) is 4.24. The highest BCUT2D eigenvalue weighted by Crippen LogP contribution is 2.33. The van der Waals surface area contributed by atoms with Gasteiger partial charge in [0, 0.05) is 12.0 Å². The van der Waals surface area contributed by atoms with Crippen molar-refractivity contribution in [3.8, 4) is 5.75 Å². The topological polar surface area (TPSA) is 79.2 Å². The van der Waals surface area contributed by atoms with Crippen LogP contribution >= 0.6 is 0 Å². The molecule has 8 heteroatoms. The van der Waals surface area contributed by atoms with Crippen LogP contribution in [0.5, 0.6) is 5.75 Å². The van der Waals surface area contributed by atoms with Gasteiger partial charge in [-0.15, -0.1) is 0 Å². The zero-order valence-corrected chi connectivity index (χ0v) is 17.4. The largest absolute Gasteiger partial charge is 0.461 e. The van der Waals surface area contributed by atoms with Crippen molar-refractivity contribution in [3.05, 3.63) is 77.4 Å².